The van der Waals surface area contributed by atoms with E-state index >= 15 is 0 Å². The Morgan fingerprint density at radius 2 is 1.88 bits per heavy atom. The molecule has 2 aromatic carbocycles. The number of hydrogen-bond acceptors (Lipinski definition) is 3. The van der Waals surface area contributed by atoms with Crippen molar-refractivity contribution < 1.29 is 14.3 Å². The molecule has 0 aromatic heterocycles. The van der Waals surface area contributed by atoms with E-state index in [2.05, 4.69) is 5.32 Å². The van der Waals surface area contributed by atoms with Gasteiger partial charge >= 0.3 is 0 Å². The first-order valence-electron chi connectivity index (χ1n) is 8.40. The first kappa shape index (κ1) is 19.1. The van der Waals surface area contributed by atoms with Crippen molar-refractivity contribution in [2.24, 2.45) is 0 Å². The van der Waals surface area contributed by atoms with Crippen molar-refractivity contribution in [3.8, 4) is 11.5 Å². The first-order valence-corrected chi connectivity index (χ1v) is 8.78. The van der Waals surface area contributed by atoms with Crippen LogP contribution >= 0.6 is 11.6 Å². The van der Waals surface area contributed by atoms with Gasteiger partial charge in [0.2, 0.25) is 0 Å². The van der Waals surface area contributed by atoms with Crippen molar-refractivity contribution >= 4 is 17.5 Å². The van der Waals surface area contributed by atoms with Crippen molar-refractivity contribution in [3.63, 3.8) is 0 Å². The fourth-order valence-electron chi connectivity index (χ4n) is 2.32. The number of aryl methyl sites for hydroxylation is 1. The first-order chi connectivity index (χ1) is 12.0. The van der Waals surface area contributed by atoms with Gasteiger partial charge in [0.15, 0.2) is 6.10 Å². The number of benzene rings is 2. The standard InChI is InChI=1S/C20H24ClNO3/c1-4-18(25-19-7-5-6-14(2)15(19)3)20(23)22-12-13-24-17-10-8-16(21)9-11-17/h5-11,18H,4,12-13H2,1-3H3,(H,22,23)/t18-/m0/s1. The molecule has 2 aromatic rings. The van der Waals surface area contributed by atoms with E-state index < -0.39 is 6.10 Å². The minimum absolute atomic E-state index is 0.136. The maximum absolute atomic E-state index is 12.3. The van der Waals surface area contributed by atoms with Gasteiger partial charge in [0.05, 0.1) is 6.54 Å². The summed E-state index contributed by atoms with van der Waals surface area (Å²) in [6.07, 6.45) is 0.0769. The summed E-state index contributed by atoms with van der Waals surface area (Å²) in [4.78, 5) is 12.3. The highest BCUT2D eigenvalue weighted by Crippen LogP contribution is 2.22. The molecule has 0 saturated carbocycles. The third-order valence-corrected chi connectivity index (χ3v) is 4.22. The molecule has 1 atom stereocenters. The summed E-state index contributed by atoms with van der Waals surface area (Å²) in [6, 6.07) is 13.0. The second-order valence-corrected chi connectivity index (χ2v) is 6.24. The van der Waals surface area contributed by atoms with Crippen LogP contribution < -0.4 is 14.8 Å². The Morgan fingerprint density at radius 3 is 2.56 bits per heavy atom. The molecule has 2 rings (SSSR count). The largest absolute Gasteiger partial charge is 0.492 e. The molecule has 0 radical (unpaired) electrons. The Labute approximate surface area is 154 Å². The van der Waals surface area contributed by atoms with Crippen molar-refractivity contribution in [2.45, 2.75) is 33.3 Å². The maximum Gasteiger partial charge on any atom is 0.261 e. The van der Waals surface area contributed by atoms with E-state index in [0.29, 0.717) is 24.6 Å². The van der Waals surface area contributed by atoms with Crippen LogP contribution in [-0.2, 0) is 4.79 Å². The average Bonchev–Trinajstić information content (AvgIpc) is 2.61. The quantitative estimate of drug-likeness (QED) is 0.713. The monoisotopic (exact) mass is 361 g/mol. The van der Waals surface area contributed by atoms with Gasteiger partial charge in [0.1, 0.15) is 18.1 Å². The molecule has 0 aliphatic heterocycles. The van der Waals surface area contributed by atoms with Gasteiger partial charge in [-0.15, -0.1) is 0 Å². The fraction of sp³-hybridized carbons (Fsp3) is 0.350. The smallest absolute Gasteiger partial charge is 0.261 e. The highest BCUT2D eigenvalue weighted by molar-refractivity contribution is 6.30. The Hall–Kier alpha value is -2.20. The SMILES string of the molecule is CC[C@H](Oc1cccc(C)c1C)C(=O)NCCOc1ccc(Cl)cc1. The van der Waals surface area contributed by atoms with Gasteiger partial charge in [-0.25, -0.2) is 0 Å². The Balaban J connectivity index is 1.81. The molecular weight excluding hydrogens is 338 g/mol. The number of nitrogens with one attached hydrogen (secondary N) is 1. The lowest BCUT2D eigenvalue weighted by atomic mass is 10.1. The number of ether oxygens (including phenoxy) is 2. The minimum atomic E-state index is -0.518. The summed E-state index contributed by atoms with van der Waals surface area (Å²) in [6.45, 7) is 6.74. The molecule has 5 heteroatoms. The molecule has 0 fully saturated rings. The van der Waals surface area contributed by atoms with Gasteiger partial charge in [-0.2, -0.15) is 0 Å². The molecular formula is C20H24ClNO3. The molecule has 0 aliphatic rings. The Kier molecular flexibility index (Phi) is 7.14. The van der Waals surface area contributed by atoms with Crippen LogP contribution in [0.15, 0.2) is 42.5 Å². The van der Waals surface area contributed by atoms with Crippen LogP contribution in [0.4, 0.5) is 0 Å². The molecule has 1 N–H and O–H groups in total. The van der Waals surface area contributed by atoms with Crippen LogP contribution in [0.2, 0.25) is 5.02 Å². The number of hydrogen-bond donors (Lipinski definition) is 1. The third-order valence-electron chi connectivity index (χ3n) is 3.97. The molecule has 0 spiro atoms. The second-order valence-electron chi connectivity index (χ2n) is 5.81. The van der Waals surface area contributed by atoms with E-state index in [1.54, 1.807) is 24.3 Å². The summed E-state index contributed by atoms with van der Waals surface area (Å²) in [7, 11) is 0. The molecule has 4 nitrogen and oxygen atoms in total. The van der Waals surface area contributed by atoms with E-state index in [0.717, 1.165) is 22.6 Å². The molecule has 0 unspecified atom stereocenters. The zero-order valence-electron chi connectivity index (χ0n) is 14.8. The number of carbonyl (C=O) groups excluding carboxylic acids is 1. The van der Waals surface area contributed by atoms with Crippen LogP contribution in [0.25, 0.3) is 0 Å². The lowest BCUT2D eigenvalue weighted by Crippen LogP contribution is -2.39. The van der Waals surface area contributed by atoms with Gasteiger partial charge in [0.25, 0.3) is 5.91 Å². The minimum Gasteiger partial charge on any atom is -0.492 e. The predicted molar refractivity (Wildman–Crippen MR) is 101 cm³/mol. The van der Waals surface area contributed by atoms with E-state index in [9.17, 15) is 4.79 Å². The van der Waals surface area contributed by atoms with E-state index in [-0.39, 0.29) is 5.91 Å². The van der Waals surface area contributed by atoms with E-state index in [4.69, 9.17) is 21.1 Å². The van der Waals surface area contributed by atoms with Gasteiger partial charge in [-0.1, -0.05) is 30.7 Å². The molecule has 0 heterocycles. The van der Waals surface area contributed by atoms with Gasteiger partial charge in [-0.3, -0.25) is 4.79 Å². The van der Waals surface area contributed by atoms with E-state index in [1.807, 2.05) is 39.0 Å². The van der Waals surface area contributed by atoms with Crippen molar-refractivity contribution in [3.05, 3.63) is 58.6 Å². The van der Waals surface area contributed by atoms with Crippen LogP contribution in [0.3, 0.4) is 0 Å². The van der Waals surface area contributed by atoms with Crippen molar-refractivity contribution in [1.82, 2.24) is 5.32 Å². The van der Waals surface area contributed by atoms with Crippen LogP contribution in [0.1, 0.15) is 24.5 Å². The Bertz CT molecular complexity index is 701. The summed E-state index contributed by atoms with van der Waals surface area (Å²) >= 11 is 5.83. The van der Waals surface area contributed by atoms with Crippen molar-refractivity contribution in [1.29, 1.82) is 0 Å². The third kappa shape index (κ3) is 5.68. The summed E-state index contributed by atoms with van der Waals surface area (Å²) < 4.78 is 11.5. The lowest BCUT2D eigenvalue weighted by molar-refractivity contribution is -0.128. The molecule has 0 aliphatic carbocycles. The zero-order chi connectivity index (χ0) is 18.2. The van der Waals surface area contributed by atoms with Crippen LogP contribution in [-0.4, -0.2) is 25.2 Å². The van der Waals surface area contributed by atoms with Gasteiger partial charge in [-0.05, 0) is 61.7 Å². The predicted octanol–water partition coefficient (Wildman–Crippen LogP) is 4.31. The molecule has 0 saturated heterocycles. The lowest BCUT2D eigenvalue weighted by Gasteiger charge is -2.19. The summed E-state index contributed by atoms with van der Waals surface area (Å²) in [5.41, 5.74) is 2.20. The number of amides is 1. The molecule has 0 bridgehead atoms. The fourth-order valence-corrected chi connectivity index (χ4v) is 2.44. The number of rotatable bonds is 8. The zero-order valence-corrected chi connectivity index (χ0v) is 15.6. The highest BCUT2D eigenvalue weighted by atomic mass is 35.5. The van der Waals surface area contributed by atoms with E-state index in [1.165, 1.54) is 0 Å². The van der Waals surface area contributed by atoms with Gasteiger partial charge < -0.3 is 14.8 Å². The summed E-state index contributed by atoms with van der Waals surface area (Å²) in [5, 5.41) is 3.52. The molecule has 1 amide bonds. The highest BCUT2D eigenvalue weighted by Gasteiger charge is 2.19. The maximum atomic E-state index is 12.3. The van der Waals surface area contributed by atoms with Crippen LogP contribution in [0.5, 0.6) is 11.5 Å². The molecule has 25 heavy (non-hydrogen) atoms. The normalized spacial score (nSPS) is 11.7. The molecule has 134 valence electrons. The van der Waals surface area contributed by atoms with Crippen LogP contribution in [0, 0.1) is 13.8 Å². The topological polar surface area (TPSA) is 47.6 Å². The average molecular weight is 362 g/mol. The second kappa shape index (κ2) is 9.33. The Morgan fingerprint density at radius 1 is 1.16 bits per heavy atom. The van der Waals surface area contributed by atoms with Crippen molar-refractivity contribution in [2.75, 3.05) is 13.2 Å². The van der Waals surface area contributed by atoms with Gasteiger partial charge in [0, 0.05) is 5.02 Å². The number of carbonyl (C=O) groups is 1. The summed E-state index contributed by atoms with van der Waals surface area (Å²) in [5.74, 6) is 1.33. The number of halogens is 1.